The summed E-state index contributed by atoms with van der Waals surface area (Å²) in [6.07, 6.45) is 4.73. The molecule has 0 saturated carbocycles. The van der Waals surface area contributed by atoms with Crippen LogP contribution in [0.4, 0.5) is 0 Å². The van der Waals surface area contributed by atoms with E-state index in [1.165, 1.54) is 35.2 Å². The van der Waals surface area contributed by atoms with Gasteiger partial charge >= 0.3 is 0 Å². The number of nitrogens with one attached hydrogen (secondary N) is 1. The molecule has 1 aromatic heterocycles. The van der Waals surface area contributed by atoms with E-state index < -0.39 is 0 Å². The number of carbonyl (C=O) groups excluding carboxylic acids is 1. The predicted octanol–water partition coefficient (Wildman–Crippen LogP) is 3.56. The van der Waals surface area contributed by atoms with Crippen LogP contribution in [-0.2, 0) is 5.41 Å². The summed E-state index contributed by atoms with van der Waals surface area (Å²) >= 11 is 3.58. The molecular formula is C13H22IN3OS. The Kier molecular flexibility index (Phi) is 7.20. The van der Waals surface area contributed by atoms with E-state index in [4.69, 9.17) is 0 Å². The second kappa shape index (κ2) is 8.14. The third-order valence-electron chi connectivity index (χ3n) is 2.75. The first-order valence-electron chi connectivity index (χ1n) is 6.64. The molecule has 0 unspecified atom stereocenters. The maximum Gasteiger partial charge on any atom is 0.264 e. The van der Waals surface area contributed by atoms with Crippen LogP contribution >= 0.6 is 34.1 Å². The van der Waals surface area contributed by atoms with E-state index in [0.717, 1.165) is 18.7 Å². The van der Waals surface area contributed by atoms with Gasteiger partial charge in [0.2, 0.25) is 0 Å². The van der Waals surface area contributed by atoms with Gasteiger partial charge < -0.3 is 5.32 Å². The highest BCUT2D eigenvalue weighted by Crippen LogP contribution is 2.25. The van der Waals surface area contributed by atoms with Crippen molar-refractivity contribution in [3.05, 3.63) is 10.6 Å². The summed E-state index contributed by atoms with van der Waals surface area (Å²) in [5.41, 5.74) is 0.653. The highest BCUT2D eigenvalue weighted by Gasteiger charge is 2.25. The number of amides is 1. The smallest absolute Gasteiger partial charge is 0.264 e. The summed E-state index contributed by atoms with van der Waals surface area (Å²) in [4.78, 5) is 12.7. The van der Waals surface area contributed by atoms with Crippen LogP contribution in [0, 0.1) is 0 Å². The van der Waals surface area contributed by atoms with Crippen molar-refractivity contribution in [2.75, 3.05) is 11.0 Å². The third-order valence-corrected chi connectivity index (χ3v) is 4.24. The van der Waals surface area contributed by atoms with E-state index in [2.05, 4.69) is 37.5 Å². The molecular weight excluding hydrogens is 373 g/mol. The molecule has 1 heterocycles. The Hall–Kier alpha value is -0.240. The van der Waals surface area contributed by atoms with E-state index in [1.54, 1.807) is 0 Å². The van der Waals surface area contributed by atoms with Crippen molar-refractivity contribution >= 4 is 40.0 Å². The molecule has 1 aromatic rings. The Morgan fingerprint density at radius 3 is 2.58 bits per heavy atom. The van der Waals surface area contributed by atoms with Gasteiger partial charge in [0, 0.05) is 12.0 Å². The molecule has 0 aliphatic heterocycles. The van der Waals surface area contributed by atoms with E-state index in [-0.39, 0.29) is 11.3 Å². The maximum absolute atomic E-state index is 12.1. The molecule has 0 radical (unpaired) electrons. The first-order valence-corrected chi connectivity index (χ1v) is 8.93. The van der Waals surface area contributed by atoms with Crippen LogP contribution in [-0.4, -0.2) is 26.5 Å². The van der Waals surface area contributed by atoms with Gasteiger partial charge in [-0.05, 0) is 28.8 Å². The maximum atomic E-state index is 12.1. The van der Waals surface area contributed by atoms with Gasteiger partial charge in [0.1, 0.15) is 4.88 Å². The monoisotopic (exact) mass is 395 g/mol. The summed E-state index contributed by atoms with van der Waals surface area (Å²) in [5, 5.41) is 7.05. The molecule has 4 nitrogen and oxygen atoms in total. The van der Waals surface area contributed by atoms with Gasteiger partial charge in [-0.2, -0.15) is 0 Å². The first kappa shape index (κ1) is 16.8. The van der Waals surface area contributed by atoms with Crippen LogP contribution in [0.25, 0.3) is 0 Å². The molecule has 0 aromatic carbocycles. The zero-order valence-electron chi connectivity index (χ0n) is 11.8. The molecule has 1 rings (SSSR count). The van der Waals surface area contributed by atoms with E-state index in [9.17, 15) is 4.79 Å². The van der Waals surface area contributed by atoms with Crippen LogP contribution in [0.5, 0.6) is 0 Å². The molecule has 6 heteroatoms. The first-order chi connectivity index (χ1) is 8.96. The summed E-state index contributed by atoms with van der Waals surface area (Å²) in [7, 11) is 0. The number of hydrogen-bond acceptors (Lipinski definition) is 4. The summed E-state index contributed by atoms with van der Waals surface area (Å²) in [5.74, 6) is -0.0335. The Morgan fingerprint density at radius 2 is 1.95 bits per heavy atom. The minimum Gasteiger partial charge on any atom is -0.351 e. The number of aromatic nitrogens is 2. The number of carbonyl (C=O) groups is 1. The summed E-state index contributed by atoms with van der Waals surface area (Å²) in [6, 6.07) is 0. The van der Waals surface area contributed by atoms with Gasteiger partial charge in [-0.15, -0.1) is 5.10 Å². The number of unbranched alkanes of at least 4 members (excludes halogenated alkanes) is 3. The minimum absolute atomic E-state index is 0.0335. The number of alkyl halides is 1. The Bertz CT molecular complexity index is 401. The lowest BCUT2D eigenvalue weighted by Crippen LogP contribution is -2.27. The fourth-order valence-corrected chi connectivity index (χ4v) is 3.02. The molecule has 108 valence electrons. The molecule has 0 aliphatic rings. The summed E-state index contributed by atoms with van der Waals surface area (Å²) in [6.45, 7) is 6.88. The lowest BCUT2D eigenvalue weighted by atomic mass is 9.91. The topological polar surface area (TPSA) is 54.9 Å². The van der Waals surface area contributed by atoms with E-state index in [0.29, 0.717) is 4.88 Å². The van der Waals surface area contributed by atoms with Crippen molar-refractivity contribution < 1.29 is 4.79 Å². The molecule has 0 bridgehead atoms. The van der Waals surface area contributed by atoms with Crippen LogP contribution in [0.2, 0.25) is 0 Å². The average molecular weight is 395 g/mol. The summed E-state index contributed by atoms with van der Waals surface area (Å²) < 4.78 is 5.12. The zero-order valence-corrected chi connectivity index (χ0v) is 14.8. The van der Waals surface area contributed by atoms with E-state index in [1.807, 2.05) is 20.8 Å². The lowest BCUT2D eigenvalue weighted by molar-refractivity contribution is 0.0954. The Balaban J connectivity index is 2.40. The Morgan fingerprint density at radius 1 is 1.26 bits per heavy atom. The van der Waals surface area contributed by atoms with Gasteiger partial charge in [-0.25, -0.2) is 0 Å². The van der Waals surface area contributed by atoms with Gasteiger partial charge in [-0.1, -0.05) is 60.7 Å². The predicted molar refractivity (Wildman–Crippen MR) is 88.3 cm³/mol. The van der Waals surface area contributed by atoms with Crippen molar-refractivity contribution in [3.8, 4) is 0 Å². The number of rotatable bonds is 7. The second-order valence-electron chi connectivity index (χ2n) is 5.56. The molecule has 0 saturated heterocycles. The molecule has 0 aliphatic carbocycles. The minimum atomic E-state index is -0.139. The van der Waals surface area contributed by atoms with Crippen molar-refractivity contribution in [3.63, 3.8) is 0 Å². The number of halogens is 1. The third kappa shape index (κ3) is 5.72. The van der Waals surface area contributed by atoms with Crippen molar-refractivity contribution in [1.82, 2.24) is 14.9 Å². The van der Waals surface area contributed by atoms with Crippen LogP contribution in [0.3, 0.4) is 0 Å². The van der Waals surface area contributed by atoms with Crippen molar-refractivity contribution in [1.29, 1.82) is 0 Å². The highest BCUT2D eigenvalue weighted by atomic mass is 127. The van der Waals surface area contributed by atoms with E-state index >= 15 is 0 Å². The van der Waals surface area contributed by atoms with Crippen LogP contribution in [0.15, 0.2) is 0 Å². The van der Waals surface area contributed by atoms with Crippen molar-refractivity contribution in [2.45, 2.75) is 51.9 Å². The quantitative estimate of drug-likeness (QED) is 0.436. The fraction of sp³-hybridized carbons (Fsp3) is 0.769. The average Bonchev–Trinajstić information content (AvgIpc) is 2.82. The van der Waals surface area contributed by atoms with Gasteiger partial charge in [-0.3, -0.25) is 4.79 Å². The molecule has 0 fully saturated rings. The normalized spacial score (nSPS) is 11.6. The number of hydrogen-bond donors (Lipinski definition) is 1. The van der Waals surface area contributed by atoms with Gasteiger partial charge in [0.25, 0.3) is 5.91 Å². The van der Waals surface area contributed by atoms with Crippen molar-refractivity contribution in [2.24, 2.45) is 0 Å². The SMILES string of the molecule is CC(C)(C)c1nnsc1C(=O)NCCCCCCI. The number of nitrogens with zero attached hydrogens (tertiary/aromatic N) is 2. The zero-order chi connectivity index (χ0) is 14.3. The van der Waals surface area contributed by atoms with Gasteiger partial charge in [0.05, 0.1) is 5.69 Å². The molecule has 19 heavy (non-hydrogen) atoms. The second-order valence-corrected chi connectivity index (χ2v) is 7.39. The van der Waals surface area contributed by atoms with Crippen LogP contribution in [0.1, 0.15) is 61.8 Å². The fourth-order valence-electron chi connectivity index (χ4n) is 1.69. The lowest BCUT2D eigenvalue weighted by Gasteiger charge is -2.16. The molecule has 0 atom stereocenters. The van der Waals surface area contributed by atoms with Gasteiger partial charge in [0.15, 0.2) is 0 Å². The molecule has 0 spiro atoms. The molecule has 1 amide bonds. The van der Waals surface area contributed by atoms with Crippen LogP contribution < -0.4 is 5.32 Å². The largest absolute Gasteiger partial charge is 0.351 e. The Labute approximate surface area is 133 Å². The molecule has 1 N–H and O–H groups in total. The standard InChI is InChI=1S/C13H22IN3OS/c1-13(2,3)11-10(19-17-16-11)12(18)15-9-7-5-4-6-8-14/h4-9H2,1-3H3,(H,15,18). The highest BCUT2D eigenvalue weighted by molar-refractivity contribution is 14.1.